The monoisotopic (exact) mass is 281 g/mol. The Morgan fingerprint density at radius 1 is 0.750 bits per heavy atom. The number of rotatable bonds is 0. The third-order valence-corrected chi connectivity index (χ3v) is 4.35. The zero-order valence-electron chi connectivity index (χ0n) is 7.67. The molecule has 3 aliphatic rings. The lowest BCUT2D eigenvalue weighted by Crippen LogP contribution is -2.15. The van der Waals surface area contributed by atoms with Crippen molar-refractivity contribution in [2.75, 3.05) is 0 Å². The molecule has 12 heavy (non-hydrogen) atoms. The SMILES string of the molecule is C1CC2C3CCC(C3)C2C1.I.N. The maximum Gasteiger partial charge on any atom is -0.0355 e. The molecule has 0 aromatic rings. The molecule has 3 N–H and O–H groups in total. The third kappa shape index (κ3) is 1.31. The molecule has 0 aliphatic heterocycles. The Morgan fingerprint density at radius 2 is 1.25 bits per heavy atom. The van der Waals surface area contributed by atoms with Gasteiger partial charge < -0.3 is 6.15 Å². The molecule has 4 atom stereocenters. The van der Waals surface area contributed by atoms with Gasteiger partial charge in [-0.15, -0.1) is 24.0 Å². The lowest BCUT2D eigenvalue weighted by molar-refractivity contribution is 0.259. The van der Waals surface area contributed by atoms with Crippen LogP contribution in [0, 0.1) is 23.7 Å². The van der Waals surface area contributed by atoms with Crippen molar-refractivity contribution in [3.05, 3.63) is 0 Å². The Kier molecular flexibility index (Phi) is 3.43. The molecule has 1 nitrogen and oxygen atoms in total. The average molecular weight is 281 g/mol. The molecule has 0 amide bonds. The van der Waals surface area contributed by atoms with Crippen LogP contribution in [0.3, 0.4) is 0 Å². The van der Waals surface area contributed by atoms with E-state index in [0.29, 0.717) is 0 Å². The van der Waals surface area contributed by atoms with E-state index in [1.807, 2.05) is 0 Å². The fourth-order valence-corrected chi connectivity index (χ4v) is 4.02. The second-order valence-electron chi connectivity index (χ2n) is 4.59. The highest BCUT2D eigenvalue weighted by atomic mass is 127. The van der Waals surface area contributed by atoms with E-state index in [-0.39, 0.29) is 30.1 Å². The van der Waals surface area contributed by atoms with Crippen LogP contribution in [0.1, 0.15) is 38.5 Å². The van der Waals surface area contributed by atoms with Crippen molar-refractivity contribution in [1.82, 2.24) is 6.15 Å². The summed E-state index contributed by atoms with van der Waals surface area (Å²) in [5, 5.41) is 0. The molecule has 0 saturated heterocycles. The summed E-state index contributed by atoms with van der Waals surface area (Å²) in [5.41, 5.74) is 0. The summed E-state index contributed by atoms with van der Waals surface area (Å²) in [4.78, 5) is 0. The van der Waals surface area contributed by atoms with Crippen LogP contribution in [0.2, 0.25) is 0 Å². The summed E-state index contributed by atoms with van der Waals surface area (Å²) in [7, 11) is 0. The van der Waals surface area contributed by atoms with E-state index in [1.165, 1.54) is 23.7 Å². The molecule has 2 bridgehead atoms. The Balaban J connectivity index is 0.000000360. The molecule has 0 aromatic carbocycles. The Labute approximate surface area is 92.3 Å². The van der Waals surface area contributed by atoms with Gasteiger partial charge in [-0.05, 0) is 55.8 Å². The molecule has 3 rings (SSSR count). The molecular formula is C10H20IN. The van der Waals surface area contributed by atoms with E-state index in [9.17, 15) is 0 Å². The maximum atomic E-state index is 1.62. The van der Waals surface area contributed by atoms with Gasteiger partial charge in [0, 0.05) is 0 Å². The van der Waals surface area contributed by atoms with E-state index in [2.05, 4.69) is 0 Å². The van der Waals surface area contributed by atoms with Gasteiger partial charge in [-0.3, -0.25) is 0 Å². The van der Waals surface area contributed by atoms with Crippen molar-refractivity contribution >= 4 is 24.0 Å². The fraction of sp³-hybridized carbons (Fsp3) is 1.00. The summed E-state index contributed by atoms with van der Waals surface area (Å²) in [5.74, 6) is 4.80. The van der Waals surface area contributed by atoms with E-state index in [1.54, 1.807) is 38.5 Å². The van der Waals surface area contributed by atoms with Crippen molar-refractivity contribution in [2.45, 2.75) is 38.5 Å². The van der Waals surface area contributed by atoms with Crippen LogP contribution in [0.25, 0.3) is 0 Å². The molecule has 2 heteroatoms. The molecule has 3 fully saturated rings. The number of hydrogen-bond donors (Lipinski definition) is 1. The van der Waals surface area contributed by atoms with Gasteiger partial charge >= 0.3 is 0 Å². The first-order valence-electron chi connectivity index (χ1n) is 4.95. The minimum Gasteiger partial charge on any atom is -0.344 e. The predicted molar refractivity (Wildman–Crippen MR) is 62.1 cm³/mol. The number of halogens is 1. The van der Waals surface area contributed by atoms with Crippen LogP contribution in [0.5, 0.6) is 0 Å². The highest BCUT2D eigenvalue weighted by Gasteiger charge is 2.48. The summed E-state index contributed by atoms with van der Waals surface area (Å²) in [6, 6.07) is 0. The van der Waals surface area contributed by atoms with Crippen molar-refractivity contribution < 1.29 is 0 Å². The van der Waals surface area contributed by atoms with Gasteiger partial charge in [-0.25, -0.2) is 0 Å². The average Bonchev–Trinajstić information content (AvgIpc) is 2.60. The molecule has 0 aromatic heterocycles. The highest BCUT2D eigenvalue weighted by Crippen LogP contribution is 2.58. The van der Waals surface area contributed by atoms with Crippen LogP contribution >= 0.6 is 24.0 Å². The molecule has 3 saturated carbocycles. The quantitative estimate of drug-likeness (QED) is 0.676. The van der Waals surface area contributed by atoms with Crippen molar-refractivity contribution in [1.29, 1.82) is 0 Å². The Hall–Kier alpha value is 0.690. The van der Waals surface area contributed by atoms with E-state index >= 15 is 0 Å². The fourth-order valence-electron chi connectivity index (χ4n) is 4.02. The summed E-state index contributed by atoms with van der Waals surface area (Å²) >= 11 is 0. The zero-order valence-corrected chi connectivity index (χ0v) is 10.00. The van der Waals surface area contributed by atoms with E-state index in [4.69, 9.17) is 0 Å². The minimum atomic E-state index is 0. The first kappa shape index (κ1) is 10.8. The lowest BCUT2D eigenvalue weighted by Gasteiger charge is -2.23. The largest absolute Gasteiger partial charge is 0.344 e. The third-order valence-electron chi connectivity index (χ3n) is 4.35. The molecule has 0 heterocycles. The minimum absolute atomic E-state index is 0. The van der Waals surface area contributed by atoms with Crippen LogP contribution in [0.15, 0.2) is 0 Å². The second-order valence-corrected chi connectivity index (χ2v) is 4.59. The second kappa shape index (κ2) is 3.82. The molecule has 72 valence electrons. The van der Waals surface area contributed by atoms with Crippen LogP contribution in [-0.2, 0) is 0 Å². The van der Waals surface area contributed by atoms with Gasteiger partial charge in [0.15, 0.2) is 0 Å². The number of hydrogen-bond acceptors (Lipinski definition) is 1. The molecule has 0 radical (unpaired) electrons. The normalized spacial score (nSPS) is 48.0. The van der Waals surface area contributed by atoms with E-state index in [0.717, 1.165) is 0 Å². The Morgan fingerprint density at radius 3 is 1.75 bits per heavy atom. The topological polar surface area (TPSA) is 35.0 Å². The predicted octanol–water partition coefficient (Wildman–Crippen LogP) is 3.61. The van der Waals surface area contributed by atoms with Gasteiger partial charge in [-0.2, -0.15) is 0 Å². The van der Waals surface area contributed by atoms with Crippen molar-refractivity contribution in [2.24, 2.45) is 23.7 Å². The lowest BCUT2D eigenvalue weighted by atomic mass is 9.82. The zero-order chi connectivity index (χ0) is 6.55. The molecular weight excluding hydrogens is 261 g/mol. The van der Waals surface area contributed by atoms with Gasteiger partial charge in [0.1, 0.15) is 0 Å². The summed E-state index contributed by atoms with van der Waals surface area (Å²) in [6.45, 7) is 0. The van der Waals surface area contributed by atoms with Crippen LogP contribution in [0.4, 0.5) is 0 Å². The van der Waals surface area contributed by atoms with Gasteiger partial charge in [-0.1, -0.05) is 6.42 Å². The van der Waals surface area contributed by atoms with Gasteiger partial charge in [0.2, 0.25) is 0 Å². The number of fused-ring (bicyclic) bond motifs is 5. The summed E-state index contributed by atoms with van der Waals surface area (Å²) < 4.78 is 0. The van der Waals surface area contributed by atoms with Gasteiger partial charge in [0.05, 0.1) is 0 Å². The van der Waals surface area contributed by atoms with E-state index < -0.39 is 0 Å². The highest BCUT2D eigenvalue weighted by molar-refractivity contribution is 14.0. The van der Waals surface area contributed by atoms with Crippen LogP contribution < -0.4 is 6.15 Å². The van der Waals surface area contributed by atoms with Crippen molar-refractivity contribution in [3.8, 4) is 0 Å². The van der Waals surface area contributed by atoms with Crippen LogP contribution in [-0.4, -0.2) is 0 Å². The summed E-state index contributed by atoms with van der Waals surface area (Å²) in [6.07, 6.45) is 9.53. The first-order chi connectivity index (χ1) is 4.95. The standard InChI is InChI=1S/C10H16.HI.H3N/c1-2-9-7-4-5-8(6-7)10(9)3-1;;/h7-10H,1-6H2;1H;1H3. The van der Waals surface area contributed by atoms with Gasteiger partial charge in [0.25, 0.3) is 0 Å². The Bertz CT molecular complexity index is 144. The first-order valence-corrected chi connectivity index (χ1v) is 4.95. The molecule has 3 aliphatic carbocycles. The maximum absolute atomic E-state index is 1.62. The molecule has 4 unspecified atom stereocenters. The van der Waals surface area contributed by atoms with Crippen molar-refractivity contribution in [3.63, 3.8) is 0 Å². The molecule has 0 spiro atoms. The smallest absolute Gasteiger partial charge is 0.0355 e.